The molecule has 1 saturated carbocycles. The van der Waals surface area contributed by atoms with E-state index in [0.717, 1.165) is 43.0 Å². The molecule has 0 aromatic heterocycles. The predicted molar refractivity (Wildman–Crippen MR) is 125 cm³/mol. The summed E-state index contributed by atoms with van der Waals surface area (Å²) in [6.07, 6.45) is 6.32. The Bertz CT molecular complexity index is 595. The van der Waals surface area contributed by atoms with E-state index in [1.54, 1.807) is 0 Å². The molecular weight excluding hydrogens is 451 g/mol. The molecule has 27 heavy (non-hydrogen) atoms. The lowest BCUT2D eigenvalue weighted by Gasteiger charge is -2.31. The van der Waals surface area contributed by atoms with Crippen molar-refractivity contribution < 1.29 is 4.79 Å². The largest absolute Gasteiger partial charge is 0.356 e. The highest BCUT2D eigenvalue weighted by atomic mass is 127. The third kappa shape index (κ3) is 8.49. The molecule has 1 aromatic carbocycles. The van der Waals surface area contributed by atoms with Crippen LogP contribution in [-0.4, -0.2) is 44.0 Å². The molecule has 1 amide bonds. The number of hydrogen-bond donors (Lipinski definition) is 2. The van der Waals surface area contributed by atoms with Gasteiger partial charge in [-0.3, -0.25) is 9.79 Å². The molecule has 2 rings (SSSR count). The van der Waals surface area contributed by atoms with E-state index < -0.39 is 0 Å². The summed E-state index contributed by atoms with van der Waals surface area (Å²) in [6, 6.07) is 8.01. The van der Waals surface area contributed by atoms with E-state index >= 15 is 0 Å². The summed E-state index contributed by atoms with van der Waals surface area (Å²) in [5.41, 5.74) is 2.08. The third-order valence-corrected chi connectivity index (χ3v) is 5.21. The number of anilines is 1. The van der Waals surface area contributed by atoms with Crippen LogP contribution in [0.5, 0.6) is 0 Å². The number of guanidine groups is 1. The first-order chi connectivity index (χ1) is 12.5. The van der Waals surface area contributed by atoms with Gasteiger partial charge in [0.05, 0.1) is 0 Å². The van der Waals surface area contributed by atoms with Crippen molar-refractivity contribution in [2.75, 3.05) is 32.5 Å². The Morgan fingerprint density at radius 1 is 1.19 bits per heavy atom. The second-order valence-corrected chi connectivity index (χ2v) is 7.61. The van der Waals surface area contributed by atoms with Gasteiger partial charge < -0.3 is 15.5 Å². The van der Waals surface area contributed by atoms with Crippen LogP contribution in [0.2, 0.25) is 0 Å². The van der Waals surface area contributed by atoms with Crippen LogP contribution in [0.25, 0.3) is 0 Å². The van der Waals surface area contributed by atoms with Gasteiger partial charge >= 0.3 is 0 Å². The van der Waals surface area contributed by atoms with E-state index in [4.69, 9.17) is 0 Å². The molecule has 0 atom stereocenters. The summed E-state index contributed by atoms with van der Waals surface area (Å²) in [7, 11) is 3.99. The molecule has 0 spiro atoms. The van der Waals surface area contributed by atoms with Crippen molar-refractivity contribution in [3.63, 3.8) is 0 Å². The molecule has 0 unspecified atom stereocenters. The van der Waals surface area contributed by atoms with Crippen molar-refractivity contribution in [1.82, 2.24) is 10.2 Å². The van der Waals surface area contributed by atoms with Crippen molar-refractivity contribution in [2.24, 2.45) is 16.8 Å². The second-order valence-electron chi connectivity index (χ2n) is 7.61. The Labute approximate surface area is 181 Å². The molecule has 6 heteroatoms. The van der Waals surface area contributed by atoms with E-state index in [1.165, 1.54) is 38.2 Å². The number of hydrogen-bond acceptors (Lipinski definition) is 2. The molecule has 1 aliphatic rings. The molecular formula is C21H35IN4O. The number of amides is 1. The lowest BCUT2D eigenvalue weighted by atomic mass is 9.83. The Morgan fingerprint density at radius 3 is 2.37 bits per heavy atom. The first kappa shape index (κ1) is 23.7. The van der Waals surface area contributed by atoms with Crippen LogP contribution >= 0.6 is 24.0 Å². The van der Waals surface area contributed by atoms with Gasteiger partial charge in [0, 0.05) is 39.8 Å². The number of benzene rings is 1. The van der Waals surface area contributed by atoms with Crippen LogP contribution in [0.3, 0.4) is 0 Å². The van der Waals surface area contributed by atoms with E-state index in [2.05, 4.69) is 46.6 Å². The summed E-state index contributed by atoms with van der Waals surface area (Å²) in [5.74, 6) is 2.61. The molecule has 2 N–H and O–H groups in total. The van der Waals surface area contributed by atoms with E-state index in [1.807, 2.05) is 19.2 Å². The summed E-state index contributed by atoms with van der Waals surface area (Å²) >= 11 is 0. The lowest BCUT2D eigenvalue weighted by Crippen LogP contribution is -2.42. The fraction of sp³-hybridized carbons (Fsp3) is 0.619. The number of aliphatic imine (C=N–C) groups is 1. The Balaban J connectivity index is 0.00000364. The lowest BCUT2D eigenvalue weighted by molar-refractivity contribution is -0.114. The van der Waals surface area contributed by atoms with Gasteiger partial charge in [-0.25, -0.2) is 0 Å². The predicted octanol–water partition coefficient (Wildman–Crippen LogP) is 4.14. The topological polar surface area (TPSA) is 56.7 Å². The molecule has 0 aliphatic heterocycles. The van der Waals surface area contributed by atoms with Gasteiger partial charge in [0.25, 0.3) is 0 Å². The van der Waals surface area contributed by atoms with Gasteiger partial charge in [0.2, 0.25) is 5.91 Å². The van der Waals surface area contributed by atoms with Crippen LogP contribution in [0.15, 0.2) is 29.3 Å². The van der Waals surface area contributed by atoms with Crippen LogP contribution in [0, 0.1) is 11.8 Å². The fourth-order valence-electron chi connectivity index (χ4n) is 3.65. The van der Waals surface area contributed by atoms with E-state index in [9.17, 15) is 4.79 Å². The maximum Gasteiger partial charge on any atom is 0.221 e. The molecule has 1 aliphatic carbocycles. The summed E-state index contributed by atoms with van der Waals surface area (Å²) in [5, 5.41) is 6.26. The minimum absolute atomic E-state index is 0. The Morgan fingerprint density at radius 2 is 1.81 bits per heavy atom. The molecule has 5 nitrogen and oxygen atoms in total. The van der Waals surface area contributed by atoms with Crippen LogP contribution < -0.4 is 10.6 Å². The molecule has 0 heterocycles. The highest BCUT2D eigenvalue weighted by Gasteiger charge is 2.20. The molecule has 152 valence electrons. The zero-order valence-corrected chi connectivity index (χ0v) is 19.5. The quantitative estimate of drug-likeness (QED) is 0.361. The Hall–Kier alpha value is -1.31. The van der Waals surface area contributed by atoms with Gasteiger partial charge in [-0.2, -0.15) is 0 Å². The maximum atomic E-state index is 11.1. The van der Waals surface area contributed by atoms with Gasteiger partial charge in [-0.1, -0.05) is 31.9 Å². The number of nitrogens with one attached hydrogen (secondary N) is 2. The van der Waals surface area contributed by atoms with Gasteiger partial charge in [-0.15, -0.1) is 24.0 Å². The summed E-state index contributed by atoms with van der Waals surface area (Å²) < 4.78 is 0. The van der Waals surface area contributed by atoms with Crippen LogP contribution in [-0.2, 0) is 11.2 Å². The minimum Gasteiger partial charge on any atom is -0.356 e. The van der Waals surface area contributed by atoms with Crippen LogP contribution in [0.4, 0.5) is 5.69 Å². The molecule has 1 aromatic rings. The van der Waals surface area contributed by atoms with E-state index in [0.29, 0.717) is 0 Å². The number of halogens is 1. The maximum absolute atomic E-state index is 11.1. The SMILES string of the molecule is CN=C(NCCc1ccc(NC(C)=O)cc1)N(C)CC1CCC(C)CC1.I. The minimum atomic E-state index is -0.0429. The fourth-order valence-corrected chi connectivity index (χ4v) is 3.65. The van der Waals surface area contributed by atoms with Gasteiger partial charge in [0.1, 0.15) is 0 Å². The van der Waals surface area contributed by atoms with Crippen molar-refractivity contribution in [3.05, 3.63) is 29.8 Å². The van der Waals surface area contributed by atoms with Crippen molar-refractivity contribution in [2.45, 2.75) is 46.0 Å². The standard InChI is InChI=1S/C21H34N4O.HI/c1-16-5-7-19(8-6-16)15-25(4)21(22-3)23-14-13-18-9-11-20(12-10-18)24-17(2)26;/h9-12,16,19H,5-8,13-15H2,1-4H3,(H,22,23)(H,24,26);1H. The molecule has 0 bridgehead atoms. The highest BCUT2D eigenvalue weighted by molar-refractivity contribution is 14.0. The molecule has 0 saturated heterocycles. The van der Waals surface area contributed by atoms with Gasteiger partial charge in [-0.05, 0) is 48.8 Å². The zero-order chi connectivity index (χ0) is 18.9. The summed E-state index contributed by atoms with van der Waals surface area (Å²) in [6.45, 7) is 5.81. The normalized spacial score (nSPS) is 19.8. The number of nitrogens with zero attached hydrogens (tertiary/aromatic N) is 2. The third-order valence-electron chi connectivity index (χ3n) is 5.21. The average molecular weight is 486 g/mol. The second kappa shape index (κ2) is 12.2. The smallest absolute Gasteiger partial charge is 0.221 e. The monoisotopic (exact) mass is 486 g/mol. The van der Waals surface area contributed by atoms with E-state index in [-0.39, 0.29) is 29.9 Å². The first-order valence-electron chi connectivity index (χ1n) is 9.76. The Kier molecular flexibility index (Phi) is 10.7. The number of rotatable bonds is 6. The molecule has 0 radical (unpaired) electrons. The number of carbonyl (C=O) groups excluding carboxylic acids is 1. The summed E-state index contributed by atoms with van der Waals surface area (Å²) in [4.78, 5) is 17.8. The van der Waals surface area contributed by atoms with Crippen molar-refractivity contribution in [3.8, 4) is 0 Å². The number of carbonyl (C=O) groups is 1. The van der Waals surface area contributed by atoms with Crippen molar-refractivity contribution >= 4 is 41.5 Å². The van der Waals surface area contributed by atoms with Crippen molar-refractivity contribution in [1.29, 1.82) is 0 Å². The van der Waals surface area contributed by atoms with Crippen LogP contribution in [0.1, 0.15) is 45.1 Å². The zero-order valence-electron chi connectivity index (χ0n) is 17.1. The average Bonchev–Trinajstić information content (AvgIpc) is 2.61. The van der Waals surface area contributed by atoms with Gasteiger partial charge in [0.15, 0.2) is 5.96 Å². The highest BCUT2D eigenvalue weighted by Crippen LogP contribution is 2.28. The first-order valence-corrected chi connectivity index (χ1v) is 9.76. The molecule has 1 fully saturated rings.